The van der Waals surface area contributed by atoms with Gasteiger partial charge in [0.1, 0.15) is 5.75 Å². The average molecular weight is 287 g/mol. The van der Waals surface area contributed by atoms with Crippen LogP contribution < -0.4 is 10.5 Å². The van der Waals surface area contributed by atoms with Crippen molar-refractivity contribution < 1.29 is 9.84 Å². The van der Waals surface area contributed by atoms with E-state index in [4.69, 9.17) is 10.5 Å². The van der Waals surface area contributed by atoms with Crippen LogP contribution in [0.4, 0.5) is 0 Å². The third kappa shape index (κ3) is 3.55. The summed E-state index contributed by atoms with van der Waals surface area (Å²) in [5, 5.41) is 12.4. The fraction of sp³-hybridized carbons (Fsp3) is 0.444. The molecule has 2 aromatic rings. The number of hydrogen-bond acceptors (Lipinski definition) is 3. The number of methoxy groups -OCH3 is 1. The molecule has 21 heavy (non-hydrogen) atoms. The third-order valence-corrected chi connectivity index (χ3v) is 3.95. The Morgan fingerprint density at radius 1 is 1.05 bits per heavy atom. The van der Waals surface area contributed by atoms with Gasteiger partial charge in [-0.1, -0.05) is 44.2 Å². The van der Waals surface area contributed by atoms with E-state index in [1.54, 1.807) is 7.11 Å². The largest absolute Gasteiger partial charge is 0.496 e. The molecule has 0 bridgehead atoms. The van der Waals surface area contributed by atoms with Gasteiger partial charge in [-0.2, -0.15) is 0 Å². The van der Waals surface area contributed by atoms with Crippen LogP contribution in [0.25, 0.3) is 10.8 Å². The quantitative estimate of drug-likeness (QED) is 0.852. The SMILES string of the molecule is COc1ccc([C@H](N)[C@H](O)CCC(C)C)c2ccccc12. The van der Waals surface area contributed by atoms with Crippen molar-refractivity contribution in [3.63, 3.8) is 0 Å². The molecule has 0 heterocycles. The molecule has 2 rings (SSSR count). The van der Waals surface area contributed by atoms with Crippen LogP contribution in [0.2, 0.25) is 0 Å². The Morgan fingerprint density at radius 2 is 1.71 bits per heavy atom. The van der Waals surface area contributed by atoms with Gasteiger partial charge in [-0.05, 0) is 35.8 Å². The summed E-state index contributed by atoms with van der Waals surface area (Å²) >= 11 is 0. The van der Waals surface area contributed by atoms with Gasteiger partial charge in [0.25, 0.3) is 0 Å². The van der Waals surface area contributed by atoms with Crippen LogP contribution in [-0.4, -0.2) is 18.3 Å². The van der Waals surface area contributed by atoms with E-state index >= 15 is 0 Å². The fourth-order valence-corrected chi connectivity index (χ4v) is 2.65. The van der Waals surface area contributed by atoms with Crippen LogP contribution in [0.3, 0.4) is 0 Å². The molecule has 0 aliphatic rings. The number of aliphatic hydroxyl groups excluding tert-OH is 1. The lowest BCUT2D eigenvalue weighted by Gasteiger charge is -2.22. The Morgan fingerprint density at radius 3 is 2.33 bits per heavy atom. The molecule has 0 fully saturated rings. The molecule has 3 nitrogen and oxygen atoms in total. The molecule has 0 aromatic heterocycles. The van der Waals surface area contributed by atoms with E-state index in [0.717, 1.165) is 34.9 Å². The fourth-order valence-electron chi connectivity index (χ4n) is 2.65. The average Bonchev–Trinajstić information content (AvgIpc) is 2.50. The van der Waals surface area contributed by atoms with Gasteiger partial charge in [-0.15, -0.1) is 0 Å². The summed E-state index contributed by atoms with van der Waals surface area (Å²) in [6, 6.07) is 11.5. The molecule has 0 aliphatic carbocycles. The summed E-state index contributed by atoms with van der Waals surface area (Å²) in [5.74, 6) is 1.40. The van der Waals surface area contributed by atoms with E-state index in [0.29, 0.717) is 5.92 Å². The molecule has 0 aliphatic heterocycles. The Balaban J connectivity index is 2.33. The molecule has 2 atom stereocenters. The second-order valence-electron chi connectivity index (χ2n) is 5.97. The van der Waals surface area contributed by atoms with Crippen LogP contribution in [0.15, 0.2) is 36.4 Å². The highest BCUT2D eigenvalue weighted by Crippen LogP contribution is 2.32. The van der Waals surface area contributed by atoms with E-state index in [9.17, 15) is 5.11 Å². The maximum absolute atomic E-state index is 10.3. The normalized spacial score (nSPS) is 14.4. The minimum atomic E-state index is -0.524. The van der Waals surface area contributed by atoms with Crippen molar-refractivity contribution in [3.8, 4) is 5.75 Å². The topological polar surface area (TPSA) is 55.5 Å². The van der Waals surface area contributed by atoms with E-state index < -0.39 is 6.10 Å². The first-order chi connectivity index (χ1) is 10.0. The first kappa shape index (κ1) is 15.8. The lowest BCUT2D eigenvalue weighted by molar-refractivity contribution is 0.129. The molecule has 0 saturated carbocycles. The minimum absolute atomic E-state index is 0.375. The van der Waals surface area contributed by atoms with E-state index in [2.05, 4.69) is 13.8 Å². The molecule has 0 radical (unpaired) electrons. The predicted octanol–water partition coefficient (Wildman–Crippen LogP) is 3.65. The monoisotopic (exact) mass is 287 g/mol. The minimum Gasteiger partial charge on any atom is -0.496 e. The molecule has 2 aromatic carbocycles. The number of hydrogen-bond donors (Lipinski definition) is 2. The Labute approximate surface area is 126 Å². The number of fused-ring (bicyclic) bond motifs is 1. The van der Waals surface area contributed by atoms with Crippen molar-refractivity contribution in [1.82, 2.24) is 0 Å². The lowest BCUT2D eigenvalue weighted by Crippen LogP contribution is -2.26. The molecule has 0 spiro atoms. The molecular weight excluding hydrogens is 262 g/mol. The van der Waals surface area contributed by atoms with Gasteiger partial charge in [-0.25, -0.2) is 0 Å². The van der Waals surface area contributed by atoms with Crippen LogP contribution in [0.1, 0.15) is 38.3 Å². The smallest absolute Gasteiger partial charge is 0.126 e. The standard InChI is InChI=1S/C18H25NO2/c1-12(2)8-10-16(20)18(19)15-9-11-17(21-3)14-7-5-4-6-13(14)15/h4-7,9,11-12,16,18,20H,8,10,19H2,1-3H3/t16-,18+/m1/s1. The molecule has 0 saturated heterocycles. The van der Waals surface area contributed by atoms with Crippen molar-refractivity contribution >= 4 is 10.8 Å². The molecule has 3 N–H and O–H groups in total. The molecule has 3 heteroatoms. The number of aliphatic hydroxyl groups is 1. The lowest BCUT2D eigenvalue weighted by atomic mass is 9.92. The first-order valence-corrected chi connectivity index (χ1v) is 7.54. The zero-order valence-electron chi connectivity index (χ0n) is 13.0. The van der Waals surface area contributed by atoms with E-state index in [1.165, 1.54) is 0 Å². The van der Waals surface area contributed by atoms with Crippen molar-refractivity contribution in [1.29, 1.82) is 0 Å². The summed E-state index contributed by atoms with van der Waals surface area (Å²) in [6.07, 6.45) is 1.17. The highest BCUT2D eigenvalue weighted by Gasteiger charge is 2.20. The molecule has 0 amide bonds. The van der Waals surface area contributed by atoms with Crippen molar-refractivity contribution in [2.24, 2.45) is 11.7 Å². The van der Waals surface area contributed by atoms with Gasteiger partial charge in [0, 0.05) is 5.39 Å². The summed E-state index contributed by atoms with van der Waals surface area (Å²) in [4.78, 5) is 0. The third-order valence-electron chi connectivity index (χ3n) is 3.95. The summed E-state index contributed by atoms with van der Waals surface area (Å²) in [6.45, 7) is 4.31. The van der Waals surface area contributed by atoms with Crippen molar-refractivity contribution in [2.45, 2.75) is 38.8 Å². The van der Waals surface area contributed by atoms with Gasteiger partial charge in [0.2, 0.25) is 0 Å². The maximum Gasteiger partial charge on any atom is 0.126 e. The van der Waals surface area contributed by atoms with Crippen LogP contribution in [0.5, 0.6) is 5.75 Å². The Hall–Kier alpha value is -1.58. The number of ether oxygens (including phenoxy) is 1. The predicted molar refractivity (Wildman–Crippen MR) is 87.5 cm³/mol. The zero-order valence-corrected chi connectivity index (χ0v) is 13.0. The summed E-state index contributed by atoms with van der Waals surface area (Å²) < 4.78 is 5.40. The van der Waals surface area contributed by atoms with Gasteiger partial charge in [0.15, 0.2) is 0 Å². The Kier molecular flexibility index (Phi) is 5.21. The van der Waals surface area contributed by atoms with Crippen LogP contribution >= 0.6 is 0 Å². The van der Waals surface area contributed by atoms with Gasteiger partial charge < -0.3 is 15.6 Å². The summed E-state index contributed by atoms with van der Waals surface area (Å²) in [5.41, 5.74) is 7.27. The molecule has 0 unspecified atom stereocenters. The second-order valence-corrected chi connectivity index (χ2v) is 5.97. The highest BCUT2D eigenvalue weighted by molar-refractivity contribution is 5.91. The van der Waals surface area contributed by atoms with Crippen LogP contribution in [-0.2, 0) is 0 Å². The molecule has 114 valence electrons. The Bertz CT molecular complexity index is 595. The summed E-state index contributed by atoms with van der Waals surface area (Å²) in [7, 11) is 1.67. The number of rotatable bonds is 6. The van der Waals surface area contributed by atoms with Gasteiger partial charge in [-0.3, -0.25) is 0 Å². The highest BCUT2D eigenvalue weighted by atomic mass is 16.5. The van der Waals surface area contributed by atoms with Gasteiger partial charge >= 0.3 is 0 Å². The van der Waals surface area contributed by atoms with Crippen molar-refractivity contribution in [3.05, 3.63) is 42.0 Å². The second kappa shape index (κ2) is 6.92. The number of benzene rings is 2. The van der Waals surface area contributed by atoms with E-state index in [1.807, 2.05) is 36.4 Å². The molecular formula is C18H25NO2. The maximum atomic E-state index is 10.3. The van der Waals surface area contributed by atoms with Crippen LogP contribution in [0, 0.1) is 5.92 Å². The zero-order chi connectivity index (χ0) is 15.4. The van der Waals surface area contributed by atoms with E-state index in [-0.39, 0.29) is 6.04 Å². The van der Waals surface area contributed by atoms with Gasteiger partial charge in [0.05, 0.1) is 19.3 Å². The number of nitrogens with two attached hydrogens (primary N) is 1. The van der Waals surface area contributed by atoms with Crippen molar-refractivity contribution in [2.75, 3.05) is 7.11 Å². The first-order valence-electron chi connectivity index (χ1n) is 7.54.